The fourth-order valence-electron chi connectivity index (χ4n) is 1.52. The van der Waals surface area contributed by atoms with E-state index in [2.05, 4.69) is 0 Å². The van der Waals surface area contributed by atoms with E-state index in [0.29, 0.717) is 18.8 Å². The van der Waals surface area contributed by atoms with Gasteiger partial charge in [-0.05, 0) is 12.1 Å². The number of benzene rings is 1. The maximum absolute atomic E-state index is 11.4. The third-order valence-corrected chi connectivity index (χ3v) is 3.56. The lowest BCUT2D eigenvalue weighted by molar-refractivity contribution is -0.384. The molecule has 0 aliphatic heterocycles. The number of nitrogens with two attached hydrogens (primary N) is 1. The van der Waals surface area contributed by atoms with Crippen LogP contribution in [0.4, 0.5) is 11.4 Å². The highest BCUT2D eigenvalue weighted by molar-refractivity contribution is 7.90. The van der Waals surface area contributed by atoms with Gasteiger partial charge in [-0.25, -0.2) is 8.42 Å². The van der Waals surface area contributed by atoms with Gasteiger partial charge >= 0.3 is 0 Å². The zero-order chi connectivity index (χ0) is 13.9. The number of nitro groups is 1. The molecule has 0 saturated carbocycles. The van der Waals surface area contributed by atoms with E-state index >= 15 is 0 Å². The summed E-state index contributed by atoms with van der Waals surface area (Å²) in [5.41, 5.74) is 5.49. The Bertz CT molecular complexity index is 556. The van der Waals surface area contributed by atoms with Crippen LogP contribution in [0.3, 0.4) is 0 Å². The van der Waals surface area contributed by atoms with Crippen LogP contribution in [-0.2, 0) is 9.84 Å². The first-order chi connectivity index (χ1) is 8.27. The van der Waals surface area contributed by atoms with Gasteiger partial charge in [0.2, 0.25) is 0 Å². The van der Waals surface area contributed by atoms with Gasteiger partial charge in [0.05, 0.1) is 9.82 Å². The van der Waals surface area contributed by atoms with Crippen molar-refractivity contribution in [2.24, 2.45) is 5.73 Å². The van der Waals surface area contributed by atoms with Crippen molar-refractivity contribution in [2.45, 2.75) is 4.90 Å². The van der Waals surface area contributed by atoms with Crippen LogP contribution >= 0.6 is 0 Å². The maximum atomic E-state index is 11.4. The summed E-state index contributed by atoms with van der Waals surface area (Å²) in [4.78, 5) is 11.9. The van der Waals surface area contributed by atoms with Gasteiger partial charge in [0.15, 0.2) is 9.84 Å². The molecule has 0 fully saturated rings. The standard InChI is InChI=1S/C10H15N3O4S/c1-12(6-5-11)9-4-3-8(18(2,16)17)7-10(9)13(14)15/h3-4,7H,5-6,11H2,1-2H3. The second kappa shape index (κ2) is 5.32. The van der Waals surface area contributed by atoms with Gasteiger partial charge in [0, 0.05) is 32.5 Å². The van der Waals surface area contributed by atoms with Gasteiger partial charge in [-0.1, -0.05) is 0 Å². The Labute approximate surface area is 105 Å². The van der Waals surface area contributed by atoms with Crippen LogP contribution in [0.25, 0.3) is 0 Å². The lowest BCUT2D eigenvalue weighted by Gasteiger charge is -2.18. The second-order valence-electron chi connectivity index (χ2n) is 3.89. The van der Waals surface area contributed by atoms with Gasteiger partial charge < -0.3 is 10.6 Å². The summed E-state index contributed by atoms with van der Waals surface area (Å²) < 4.78 is 22.7. The first kappa shape index (κ1) is 14.4. The van der Waals surface area contributed by atoms with Crippen LogP contribution in [0.1, 0.15) is 0 Å². The quantitative estimate of drug-likeness (QED) is 0.614. The fourth-order valence-corrected chi connectivity index (χ4v) is 2.16. The first-order valence-corrected chi connectivity index (χ1v) is 7.06. The van der Waals surface area contributed by atoms with Crippen LogP contribution < -0.4 is 10.6 Å². The van der Waals surface area contributed by atoms with E-state index in [9.17, 15) is 18.5 Å². The van der Waals surface area contributed by atoms with Crippen LogP contribution in [0.2, 0.25) is 0 Å². The van der Waals surface area contributed by atoms with Crippen molar-refractivity contribution in [3.8, 4) is 0 Å². The lowest BCUT2D eigenvalue weighted by Crippen LogP contribution is -2.25. The number of rotatable bonds is 5. The molecule has 0 unspecified atom stereocenters. The van der Waals surface area contributed by atoms with Gasteiger partial charge in [-0.15, -0.1) is 0 Å². The molecule has 8 heteroatoms. The number of sulfone groups is 1. The summed E-state index contributed by atoms with van der Waals surface area (Å²) in [5, 5.41) is 11.0. The third-order valence-electron chi connectivity index (χ3n) is 2.45. The number of hydrogen-bond donors (Lipinski definition) is 1. The van der Waals surface area contributed by atoms with Gasteiger partial charge in [-0.2, -0.15) is 0 Å². The summed E-state index contributed by atoms with van der Waals surface area (Å²) >= 11 is 0. The van der Waals surface area contributed by atoms with Crippen molar-refractivity contribution in [3.05, 3.63) is 28.3 Å². The molecule has 1 aromatic carbocycles. The Morgan fingerprint density at radius 3 is 2.50 bits per heavy atom. The highest BCUT2D eigenvalue weighted by Crippen LogP contribution is 2.29. The van der Waals surface area contributed by atoms with Gasteiger partial charge in [0.25, 0.3) is 5.69 Å². The largest absolute Gasteiger partial charge is 0.368 e. The normalized spacial score (nSPS) is 11.3. The minimum atomic E-state index is -3.46. The average Bonchev–Trinajstić information content (AvgIpc) is 2.27. The summed E-state index contributed by atoms with van der Waals surface area (Å²) in [6, 6.07) is 3.84. The minimum Gasteiger partial charge on any atom is -0.368 e. The number of hydrogen-bond acceptors (Lipinski definition) is 6. The maximum Gasteiger partial charge on any atom is 0.293 e. The summed E-state index contributed by atoms with van der Waals surface area (Å²) in [5.74, 6) is 0. The molecule has 0 aliphatic carbocycles. The van der Waals surface area contributed by atoms with Crippen LogP contribution in [0.15, 0.2) is 23.1 Å². The molecule has 0 spiro atoms. The van der Waals surface area contributed by atoms with Crippen LogP contribution in [0.5, 0.6) is 0 Å². The zero-order valence-electron chi connectivity index (χ0n) is 10.2. The SMILES string of the molecule is CN(CCN)c1ccc(S(C)(=O)=O)cc1[N+](=O)[O-]. The van der Waals surface area contributed by atoms with Crippen molar-refractivity contribution < 1.29 is 13.3 Å². The van der Waals surface area contributed by atoms with E-state index in [1.165, 1.54) is 12.1 Å². The Kier molecular flexibility index (Phi) is 4.25. The predicted molar refractivity (Wildman–Crippen MR) is 68.5 cm³/mol. The molecule has 0 aliphatic rings. The van der Waals surface area contributed by atoms with E-state index in [0.717, 1.165) is 12.3 Å². The molecule has 7 nitrogen and oxygen atoms in total. The van der Waals surface area contributed by atoms with Crippen molar-refractivity contribution in [2.75, 3.05) is 31.3 Å². The van der Waals surface area contributed by atoms with Gasteiger partial charge in [0.1, 0.15) is 5.69 Å². The Morgan fingerprint density at radius 2 is 2.06 bits per heavy atom. The van der Waals surface area contributed by atoms with Crippen LogP contribution in [-0.4, -0.2) is 39.7 Å². The lowest BCUT2D eigenvalue weighted by atomic mass is 10.2. The molecule has 0 amide bonds. The van der Waals surface area contributed by atoms with E-state index in [-0.39, 0.29) is 10.6 Å². The Morgan fingerprint density at radius 1 is 1.44 bits per heavy atom. The topological polar surface area (TPSA) is 107 Å². The zero-order valence-corrected chi connectivity index (χ0v) is 11.0. The van der Waals surface area contributed by atoms with Crippen molar-refractivity contribution in [1.29, 1.82) is 0 Å². The average molecular weight is 273 g/mol. The molecule has 1 rings (SSSR count). The molecule has 0 radical (unpaired) electrons. The summed E-state index contributed by atoms with van der Waals surface area (Å²) in [6.45, 7) is 0.792. The third kappa shape index (κ3) is 3.17. The van der Waals surface area contributed by atoms with E-state index < -0.39 is 14.8 Å². The van der Waals surface area contributed by atoms with E-state index in [1.807, 2.05) is 0 Å². The van der Waals surface area contributed by atoms with E-state index in [4.69, 9.17) is 5.73 Å². The molecule has 18 heavy (non-hydrogen) atoms. The molecule has 0 heterocycles. The second-order valence-corrected chi connectivity index (χ2v) is 5.91. The molecule has 0 aromatic heterocycles. The first-order valence-electron chi connectivity index (χ1n) is 5.17. The summed E-state index contributed by atoms with van der Waals surface area (Å²) in [6.07, 6.45) is 1.01. The molecular formula is C10H15N3O4S. The Balaban J connectivity index is 3.34. The number of nitrogens with zero attached hydrogens (tertiary/aromatic N) is 2. The van der Waals surface area contributed by atoms with Gasteiger partial charge in [-0.3, -0.25) is 10.1 Å². The van der Waals surface area contributed by atoms with Crippen LogP contribution in [0, 0.1) is 10.1 Å². The number of nitro benzene ring substituents is 1. The van der Waals surface area contributed by atoms with Crippen molar-refractivity contribution in [3.63, 3.8) is 0 Å². The van der Waals surface area contributed by atoms with E-state index in [1.54, 1.807) is 11.9 Å². The minimum absolute atomic E-state index is 0.0703. The molecule has 2 N–H and O–H groups in total. The molecule has 0 atom stereocenters. The molecule has 100 valence electrons. The smallest absolute Gasteiger partial charge is 0.293 e. The number of anilines is 1. The molecule has 1 aromatic rings. The molecule has 0 bridgehead atoms. The highest BCUT2D eigenvalue weighted by Gasteiger charge is 2.20. The fraction of sp³-hybridized carbons (Fsp3) is 0.400. The molecule has 0 saturated heterocycles. The Hall–Kier alpha value is -1.67. The molecular weight excluding hydrogens is 258 g/mol. The van der Waals surface area contributed by atoms with Crippen molar-refractivity contribution in [1.82, 2.24) is 0 Å². The number of likely N-dealkylation sites (N-methyl/N-ethyl adjacent to an activating group) is 1. The monoisotopic (exact) mass is 273 g/mol. The summed E-state index contributed by atoms with van der Waals surface area (Å²) in [7, 11) is -1.80. The highest BCUT2D eigenvalue weighted by atomic mass is 32.2. The van der Waals surface area contributed by atoms with Crippen molar-refractivity contribution >= 4 is 21.2 Å². The predicted octanol–water partition coefficient (Wildman–Crippen LogP) is 0.393.